The molecule has 2 aliphatic rings. The molecule has 18 heavy (non-hydrogen) atoms. The summed E-state index contributed by atoms with van der Waals surface area (Å²) in [6, 6.07) is 0.673. The van der Waals surface area contributed by atoms with Gasteiger partial charge in [0.15, 0.2) is 0 Å². The van der Waals surface area contributed by atoms with Crippen LogP contribution in [0.2, 0.25) is 0 Å². The van der Waals surface area contributed by atoms with Crippen molar-refractivity contribution in [2.45, 2.75) is 77.3 Å². The average Bonchev–Trinajstić information content (AvgIpc) is 2.41. The van der Waals surface area contributed by atoms with Crippen molar-refractivity contribution in [2.24, 2.45) is 5.92 Å². The third-order valence-electron chi connectivity index (χ3n) is 5.36. The maximum Gasteiger partial charge on any atom is 0.0334 e. The first-order chi connectivity index (χ1) is 8.70. The Bertz CT molecular complexity index is 241. The van der Waals surface area contributed by atoms with E-state index in [1.54, 1.807) is 0 Å². The second kappa shape index (κ2) is 6.38. The van der Waals surface area contributed by atoms with Gasteiger partial charge < -0.3 is 5.32 Å². The minimum Gasteiger partial charge on any atom is -0.311 e. The van der Waals surface area contributed by atoms with E-state index in [0.717, 1.165) is 5.92 Å². The molecule has 1 aliphatic heterocycles. The van der Waals surface area contributed by atoms with Crippen molar-refractivity contribution in [1.29, 1.82) is 0 Å². The first-order valence-corrected chi connectivity index (χ1v) is 8.18. The average molecular weight is 252 g/mol. The molecule has 0 amide bonds. The maximum atomic E-state index is 3.74. The lowest BCUT2D eigenvalue weighted by molar-refractivity contribution is 0.000573. The van der Waals surface area contributed by atoms with Crippen LogP contribution in [0.15, 0.2) is 0 Å². The molecular weight excluding hydrogens is 220 g/mol. The minimum atomic E-state index is 0.507. The fourth-order valence-corrected chi connectivity index (χ4v) is 3.89. The molecule has 1 saturated carbocycles. The molecular formula is C16H32N2. The second-order valence-corrected chi connectivity index (χ2v) is 6.65. The van der Waals surface area contributed by atoms with Gasteiger partial charge in [-0.2, -0.15) is 0 Å². The summed E-state index contributed by atoms with van der Waals surface area (Å²) in [5, 5.41) is 3.74. The van der Waals surface area contributed by atoms with Crippen molar-refractivity contribution in [3.05, 3.63) is 0 Å². The Morgan fingerprint density at radius 3 is 2.44 bits per heavy atom. The number of nitrogens with one attached hydrogen (secondary N) is 1. The van der Waals surface area contributed by atoms with Crippen LogP contribution in [-0.4, -0.2) is 36.1 Å². The van der Waals surface area contributed by atoms with Gasteiger partial charge in [0, 0.05) is 31.2 Å². The molecule has 1 aliphatic carbocycles. The van der Waals surface area contributed by atoms with Crippen molar-refractivity contribution >= 4 is 0 Å². The molecule has 0 bridgehead atoms. The van der Waals surface area contributed by atoms with Crippen molar-refractivity contribution < 1.29 is 0 Å². The molecule has 0 aromatic carbocycles. The van der Waals surface area contributed by atoms with Crippen molar-refractivity contribution in [2.75, 3.05) is 19.6 Å². The van der Waals surface area contributed by atoms with Gasteiger partial charge >= 0.3 is 0 Å². The van der Waals surface area contributed by atoms with Crippen LogP contribution in [-0.2, 0) is 0 Å². The van der Waals surface area contributed by atoms with Gasteiger partial charge in [-0.05, 0) is 25.7 Å². The minimum absolute atomic E-state index is 0.507. The highest BCUT2D eigenvalue weighted by molar-refractivity contribution is 5.00. The normalized spacial score (nSPS) is 29.0. The molecule has 106 valence electrons. The van der Waals surface area contributed by atoms with Crippen molar-refractivity contribution in [3.63, 3.8) is 0 Å². The Kier molecular flexibility index (Phi) is 5.08. The second-order valence-electron chi connectivity index (χ2n) is 6.65. The molecule has 1 saturated heterocycles. The summed E-state index contributed by atoms with van der Waals surface area (Å²) in [6.45, 7) is 10.9. The third kappa shape index (κ3) is 3.08. The van der Waals surface area contributed by atoms with Crippen molar-refractivity contribution in [3.8, 4) is 0 Å². The van der Waals surface area contributed by atoms with Crippen molar-refractivity contribution in [1.82, 2.24) is 10.2 Å². The fourth-order valence-electron chi connectivity index (χ4n) is 3.89. The van der Waals surface area contributed by atoms with Gasteiger partial charge in [0.1, 0.15) is 0 Å². The summed E-state index contributed by atoms with van der Waals surface area (Å²) in [7, 11) is 0. The van der Waals surface area contributed by atoms with E-state index in [9.17, 15) is 0 Å². The summed E-state index contributed by atoms with van der Waals surface area (Å²) in [4.78, 5) is 2.87. The first-order valence-electron chi connectivity index (χ1n) is 8.18. The molecule has 2 nitrogen and oxygen atoms in total. The van der Waals surface area contributed by atoms with Gasteiger partial charge in [-0.15, -0.1) is 0 Å². The largest absolute Gasteiger partial charge is 0.311 e. The number of nitrogens with zero attached hydrogens (tertiary/aromatic N) is 1. The van der Waals surface area contributed by atoms with E-state index in [-0.39, 0.29) is 0 Å². The molecule has 1 N–H and O–H groups in total. The smallest absolute Gasteiger partial charge is 0.0334 e. The summed E-state index contributed by atoms with van der Waals surface area (Å²) in [5.74, 6) is 0.897. The zero-order valence-electron chi connectivity index (χ0n) is 12.7. The lowest BCUT2D eigenvalue weighted by Gasteiger charge is -2.52. The molecule has 0 aromatic heterocycles. The van der Waals surface area contributed by atoms with Crippen LogP contribution in [0.1, 0.15) is 65.7 Å². The van der Waals surface area contributed by atoms with Crippen LogP contribution in [0.25, 0.3) is 0 Å². The number of hydrogen-bond acceptors (Lipinski definition) is 2. The molecule has 2 fully saturated rings. The summed E-state index contributed by atoms with van der Waals surface area (Å²) < 4.78 is 0. The van der Waals surface area contributed by atoms with E-state index >= 15 is 0 Å². The molecule has 1 spiro atoms. The molecule has 2 rings (SSSR count). The Hall–Kier alpha value is -0.0800. The van der Waals surface area contributed by atoms with Gasteiger partial charge in [0.25, 0.3) is 0 Å². The Morgan fingerprint density at radius 2 is 1.83 bits per heavy atom. The van der Waals surface area contributed by atoms with Crippen LogP contribution in [0.3, 0.4) is 0 Å². The lowest BCUT2D eigenvalue weighted by atomic mass is 9.78. The molecule has 1 unspecified atom stereocenters. The van der Waals surface area contributed by atoms with Crippen LogP contribution < -0.4 is 5.32 Å². The first kappa shape index (κ1) is 14.3. The Balaban J connectivity index is 2.05. The monoisotopic (exact) mass is 252 g/mol. The highest BCUT2D eigenvalue weighted by Crippen LogP contribution is 2.36. The van der Waals surface area contributed by atoms with Crippen LogP contribution in [0.5, 0.6) is 0 Å². The standard InChI is InChI=1S/C16H32N2/c1-4-15(5-2)12-18-11-14(3)17-13-16(18)9-7-6-8-10-16/h14-15,17H,4-13H2,1-3H3. The number of piperazine rings is 1. The number of rotatable bonds is 4. The van der Waals surface area contributed by atoms with Gasteiger partial charge in [-0.25, -0.2) is 0 Å². The summed E-state index contributed by atoms with van der Waals surface area (Å²) in [5.41, 5.74) is 0.507. The summed E-state index contributed by atoms with van der Waals surface area (Å²) >= 11 is 0. The fraction of sp³-hybridized carbons (Fsp3) is 1.00. The summed E-state index contributed by atoms with van der Waals surface area (Å²) in [6.07, 6.45) is 9.86. The van der Waals surface area contributed by atoms with E-state index < -0.39 is 0 Å². The topological polar surface area (TPSA) is 15.3 Å². The highest BCUT2D eigenvalue weighted by atomic mass is 15.3. The van der Waals surface area contributed by atoms with Gasteiger partial charge in [0.05, 0.1) is 0 Å². The van der Waals surface area contributed by atoms with E-state index in [1.165, 1.54) is 64.6 Å². The molecule has 2 heteroatoms. The van der Waals surface area contributed by atoms with E-state index in [2.05, 4.69) is 31.0 Å². The molecule has 0 radical (unpaired) electrons. The number of hydrogen-bond donors (Lipinski definition) is 1. The maximum absolute atomic E-state index is 3.74. The quantitative estimate of drug-likeness (QED) is 0.825. The Morgan fingerprint density at radius 1 is 1.17 bits per heavy atom. The zero-order valence-corrected chi connectivity index (χ0v) is 12.7. The van der Waals surface area contributed by atoms with Crippen LogP contribution >= 0.6 is 0 Å². The van der Waals surface area contributed by atoms with Gasteiger partial charge in [0.2, 0.25) is 0 Å². The molecule has 0 aromatic rings. The SMILES string of the molecule is CCC(CC)CN1CC(C)NCC12CCCCC2. The van der Waals surface area contributed by atoms with Gasteiger partial charge in [-0.1, -0.05) is 46.0 Å². The van der Waals surface area contributed by atoms with Crippen LogP contribution in [0, 0.1) is 5.92 Å². The predicted octanol–water partition coefficient (Wildman–Crippen LogP) is 3.42. The lowest BCUT2D eigenvalue weighted by Crippen LogP contribution is -2.65. The van der Waals surface area contributed by atoms with E-state index in [4.69, 9.17) is 0 Å². The third-order valence-corrected chi connectivity index (χ3v) is 5.36. The van der Waals surface area contributed by atoms with Gasteiger partial charge in [-0.3, -0.25) is 4.90 Å². The molecule has 1 heterocycles. The van der Waals surface area contributed by atoms with E-state index in [1.807, 2.05) is 0 Å². The molecule has 1 atom stereocenters. The Labute approximate surface area is 114 Å². The predicted molar refractivity (Wildman–Crippen MR) is 78.9 cm³/mol. The van der Waals surface area contributed by atoms with Crippen LogP contribution in [0.4, 0.5) is 0 Å². The highest BCUT2D eigenvalue weighted by Gasteiger charge is 2.41. The van der Waals surface area contributed by atoms with E-state index in [0.29, 0.717) is 11.6 Å². The zero-order chi connectivity index (χ0) is 13.0.